The molecule has 3 aromatic carbocycles. The fourth-order valence-electron chi connectivity index (χ4n) is 8.65. The number of fused-ring (bicyclic) bond motifs is 3. The maximum Gasteiger partial charge on any atom is 0.448 e. The Kier molecular flexibility index (Phi) is 16.0. The molecule has 0 bridgehead atoms. The maximum atomic E-state index is 14.3. The number of hydrogen-bond acceptors (Lipinski definition) is 15. The average Bonchev–Trinajstić information content (AvgIpc) is 3.71. The van der Waals surface area contributed by atoms with E-state index in [-0.39, 0.29) is 37.8 Å². The van der Waals surface area contributed by atoms with Crippen LogP contribution in [0, 0.1) is 20.8 Å². The van der Waals surface area contributed by atoms with Gasteiger partial charge in [-0.1, -0.05) is 12.6 Å². The third kappa shape index (κ3) is 9.99. The first-order chi connectivity index (χ1) is 29.4. The lowest BCUT2D eigenvalue weighted by atomic mass is 9.85. The van der Waals surface area contributed by atoms with Crippen molar-refractivity contribution in [2.75, 3.05) is 59.8 Å². The summed E-state index contributed by atoms with van der Waals surface area (Å²) in [5, 5.41) is 36.2. The lowest BCUT2D eigenvalue weighted by molar-refractivity contribution is -0.149. The van der Waals surface area contributed by atoms with Crippen molar-refractivity contribution in [1.29, 1.82) is 0 Å². The van der Waals surface area contributed by atoms with Gasteiger partial charge in [-0.25, -0.2) is 4.79 Å². The van der Waals surface area contributed by atoms with Crippen molar-refractivity contribution in [3.8, 4) is 34.5 Å². The number of alkyl halides is 3. The van der Waals surface area contributed by atoms with Crippen LogP contribution in [0.25, 0.3) is 0 Å². The van der Waals surface area contributed by atoms with E-state index in [1.165, 1.54) is 14.0 Å². The number of nitrogens with zero attached hydrogens (tertiary/aromatic N) is 1. The number of hydrogen-bond donors (Lipinski definition) is 5. The molecule has 62 heavy (non-hydrogen) atoms. The van der Waals surface area contributed by atoms with E-state index >= 15 is 0 Å². The molecule has 0 spiro atoms. The van der Waals surface area contributed by atoms with Gasteiger partial charge in [0.15, 0.2) is 28.8 Å². The Bertz CT molecular complexity index is 2150. The van der Waals surface area contributed by atoms with Crippen LogP contribution in [0.5, 0.6) is 34.5 Å². The number of esters is 2. The summed E-state index contributed by atoms with van der Waals surface area (Å²) in [5.74, 6) is 0.358. The average molecular weight is 892 g/mol. The molecule has 0 saturated heterocycles. The topological polar surface area (TPSA) is 178 Å². The first-order valence-corrected chi connectivity index (χ1v) is 21.4. The van der Waals surface area contributed by atoms with Crippen molar-refractivity contribution in [3.63, 3.8) is 0 Å². The number of aliphatic hydroxyl groups excluding tert-OH is 2. The first kappa shape index (κ1) is 48.2. The van der Waals surface area contributed by atoms with Crippen molar-refractivity contribution in [2.24, 2.45) is 0 Å². The minimum atomic E-state index is -4.64. The van der Waals surface area contributed by atoms with Gasteiger partial charge in [-0.2, -0.15) is 24.9 Å². The van der Waals surface area contributed by atoms with Crippen LogP contribution in [0.2, 0.25) is 0 Å². The summed E-state index contributed by atoms with van der Waals surface area (Å²) in [6.07, 6.45) is -0.499. The molecule has 0 saturated carbocycles. The zero-order valence-electron chi connectivity index (χ0n) is 36.2. The number of ether oxygens (including phenoxy) is 6. The fourth-order valence-corrected chi connectivity index (χ4v) is 9.37. The highest BCUT2D eigenvalue weighted by molar-refractivity contribution is 7.98. The zero-order valence-corrected chi connectivity index (χ0v) is 37.0. The normalized spacial score (nSPS) is 18.8. The van der Waals surface area contributed by atoms with Crippen LogP contribution in [0.4, 0.5) is 13.2 Å². The molecular formula is C44H56F3N3O11S. The summed E-state index contributed by atoms with van der Waals surface area (Å²) in [7, 11) is 4.98. The van der Waals surface area contributed by atoms with Gasteiger partial charge in [0.2, 0.25) is 6.79 Å². The predicted molar refractivity (Wildman–Crippen MR) is 227 cm³/mol. The number of methoxy groups -OCH3 is 2. The molecule has 3 aliphatic rings. The molecule has 3 aliphatic heterocycles. The fraction of sp³-hybridized carbons (Fsp3) is 0.500. The van der Waals surface area contributed by atoms with Crippen molar-refractivity contribution >= 4 is 23.7 Å². The molecule has 3 heterocycles. The molecule has 0 radical (unpaired) electrons. The molecule has 2 unspecified atom stereocenters. The smallest absolute Gasteiger partial charge is 0.448 e. The van der Waals surface area contributed by atoms with Gasteiger partial charge >= 0.3 is 18.1 Å². The monoisotopic (exact) mass is 891 g/mol. The number of aromatic hydroxyl groups is 1. The van der Waals surface area contributed by atoms with Gasteiger partial charge in [-0.3, -0.25) is 9.69 Å². The number of carbonyl (C=O) groups excluding carboxylic acids is 2. The summed E-state index contributed by atoms with van der Waals surface area (Å²) in [5.41, 5.74) is 7.02. The Balaban J connectivity index is 0.000000955. The quantitative estimate of drug-likeness (QED) is 0.0755. The predicted octanol–water partition coefficient (Wildman–Crippen LogP) is 6.51. The van der Waals surface area contributed by atoms with E-state index in [0.29, 0.717) is 82.7 Å². The SMILES string of the molecule is C=C(O)C(F)(F)F.CN[C@@H]1c2c(cc(C)c(OC)c2O)CCCN([C@@H](COC(=O)C2NCCc3cc(CO)c(OC)cc32)c2c(C)c(OC(C)=O)c(C)c3c2OCO3)C1CSC. The number of phenols is 1. The molecule has 0 aromatic heterocycles. The molecule has 4 atom stereocenters. The second kappa shape index (κ2) is 20.5. The molecular weight excluding hydrogens is 836 g/mol. The number of thioether (sulfide) groups is 1. The lowest BCUT2D eigenvalue weighted by Crippen LogP contribution is -2.50. The van der Waals surface area contributed by atoms with Crippen LogP contribution in [0.3, 0.4) is 0 Å². The van der Waals surface area contributed by atoms with Gasteiger partial charge < -0.3 is 54.4 Å². The molecule has 6 rings (SSSR count). The van der Waals surface area contributed by atoms with Gasteiger partial charge in [0.1, 0.15) is 24.1 Å². The minimum absolute atomic E-state index is 0.0210. The third-order valence-corrected chi connectivity index (χ3v) is 12.1. The second-order valence-electron chi connectivity index (χ2n) is 15.2. The lowest BCUT2D eigenvalue weighted by Gasteiger charge is -2.44. The Labute approximate surface area is 363 Å². The highest BCUT2D eigenvalue weighted by atomic mass is 32.2. The van der Waals surface area contributed by atoms with E-state index in [0.717, 1.165) is 34.2 Å². The summed E-state index contributed by atoms with van der Waals surface area (Å²) in [6, 6.07) is 3.81. The Morgan fingerprint density at radius 1 is 1.06 bits per heavy atom. The molecule has 0 aliphatic carbocycles. The number of phenolic OH excluding ortho intramolecular Hbond substituents is 1. The maximum absolute atomic E-state index is 14.3. The number of aliphatic hydroxyl groups is 2. The highest BCUT2D eigenvalue weighted by Crippen LogP contribution is 2.51. The van der Waals surface area contributed by atoms with Crippen LogP contribution >= 0.6 is 11.8 Å². The zero-order chi connectivity index (χ0) is 45.6. The van der Waals surface area contributed by atoms with Crippen molar-refractivity contribution in [3.05, 3.63) is 80.6 Å². The Morgan fingerprint density at radius 2 is 1.76 bits per heavy atom. The van der Waals surface area contributed by atoms with Crippen molar-refractivity contribution < 1.29 is 66.5 Å². The number of carbonyl (C=O) groups is 2. The summed E-state index contributed by atoms with van der Waals surface area (Å²) >= 11 is 1.68. The van der Waals surface area contributed by atoms with Crippen LogP contribution in [0.15, 0.2) is 30.5 Å². The molecule has 3 aromatic rings. The highest BCUT2D eigenvalue weighted by Gasteiger charge is 2.42. The minimum Gasteiger partial charge on any atom is -0.505 e. The second-order valence-corrected chi connectivity index (χ2v) is 16.1. The summed E-state index contributed by atoms with van der Waals surface area (Å²) in [4.78, 5) is 29.1. The largest absolute Gasteiger partial charge is 0.505 e. The van der Waals surface area contributed by atoms with Crippen molar-refractivity contribution in [2.45, 2.75) is 83.9 Å². The molecule has 18 heteroatoms. The number of likely N-dealkylation sites (N-methyl/N-ethyl adjacent to an activating group) is 1. The van der Waals surface area contributed by atoms with Crippen LogP contribution < -0.4 is 34.3 Å². The van der Waals surface area contributed by atoms with Crippen molar-refractivity contribution in [1.82, 2.24) is 15.5 Å². The molecule has 340 valence electrons. The van der Waals surface area contributed by atoms with Crippen LogP contribution in [0.1, 0.15) is 81.5 Å². The van der Waals surface area contributed by atoms with Gasteiger partial charge in [-0.15, -0.1) is 0 Å². The third-order valence-electron chi connectivity index (χ3n) is 11.4. The summed E-state index contributed by atoms with van der Waals surface area (Å²) in [6.45, 7) is 10.2. The summed E-state index contributed by atoms with van der Waals surface area (Å²) < 4.78 is 68.2. The first-order valence-electron chi connectivity index (χ1n) is 20.0. The molecule has 14 nitrogen and oxygen atoms in total. The van der Waals surface area contributed by atoms with Gasteiger partial charge in [0.05, 0.1) is 32.9 Å². The number of aryl methyl sites for hydroxylation is 2. The number of allylic oxidation sites excluding steroid dienone is 1. The molecule has 0 amide bonds. The van der Waals surface area contributed by atoms with E-state index < -0.39 is 36.0 Å². The Hall–Kier alpha value is -4.88. The van der Waals surface area contributed by atoms with Gasteiger partial charge in [0, 0.05) is 53.1 Å². The van der Waals surface area contributed by atoms with Gasteiger partial charge in [0.25, 0.3) is 0 Å². The molecule has 0 fully saturated rings. The van der Waals surface area contributed by atoms with E-state index in [1.807, 2.05) is 40.1 Å². The van der Waals surface area contributed by atoms with E-state index in [2.05, 4.69) is 28.2 Å². The standard InChI is InChI=1S/C41H53N3O10S.C3H3F3O/c1-21-14-26-10-9-13-44(30(19-55-8)35(42-5)33(26)36(47)37(21)50-7)29(32-22(2)38(54-24(4)46)23(3)39-40(32)53-20-52-39)18-51-41(48)34-28-16-31(49-6)27(17-45)15-25(28)11-12-43-34;1-2(7)3(4,5)6/h14-16,29-30,34-35,42-43,45,47H,9-13,17-20H2,1-8H3;7H,1H2/t29-,30?,34?,35-;/m0./s1. The number of rotatable bonds is 12. The number of halogens is 3. The van der Waals surface area contributed by atoms with Crippen LogP contribution in [-0.2, 0) is 33.8 Å². The number of benzene rings is 3. The van der Waals surface area contributed by atoms with E-state index in [1.54, 1.807) is 24.9 Å². The van der Waals surface area contributed by atoms with E-state index in [4.69, 9.17) is 33.5 Å². The number of nitrogens with one attached hydrogen (secondary N) is 2. The van der Waals surface area contributed by atoms with E-state index in [9.17, 15) is 33.0 Å². The molecule has 5 N–H and O–H groups in total. The Morgan fingerprint density at radius 3 is 2.35 bits per heavy atom. The van der Waals surface area contributed by atoms with Crippen LogP contribution in [-0.4, -0.2) is 104 Å². The van der Waals surface area contributed by atoms with Gasteiger partial charge in [-0.05, 0) is 94.3 Å².